The smallest absolute Gasteiger partial charge is 0.178 e. The molecule has 0 spiro atoms. The van der Waals surface area contributed by atoms with Crippen LogP contribution in [0.1, 0.15) is 24.9 Å². The van der Waals surface area contributed by atoms with Gasteiger partial charge in [-0.15, -0.1) is 0 Å². The highest BCUT2D eigenvalue weighted by atomic mass is 32.2. The molecule has 0 bridgehead atoms. The summed E-state index contributed by atoms with van der Waals surface area (Å²) in [7, 11) is -3.08. The van der Waals surface area contributed by atoms with Gasteiger partial charge in [-0.05, 0) is 25.0 Å². The van der Waals surface area contributed by atoms with Gasteiger partial charge in [-0.2, -0.15) is 0 Å². The Morgan fingerprint density at radius 3 is 2.88 bits per heavy atom. The van der Waals surface area contributed by atoms with Crippen LogP contribution in [-0.4, -0.2) is 20.7 Å². The Labute approximate surface area is 102 Å². The van der Waals surface area contributed by atoms with Crippen molar-refractivity contribution in [3.63, 3.8) is 0 Å². The predicted molar refractivity (Wildman–Crippen MR) is 68.7 cm³/mol. The Balaban J connectivity index is 2.32. The Hall–Kier alpha value is -1.13. The van der Waals surface area contributed by atoms with Crippen LogP contribution in [0.15, 0.2) is 41.3 Å². The SMILES string of the molecule is C=C(C)CNC1CCS(=O)(=O)c2ccccc21. The molecule has 1 N–H and O–H groups in total. The van der Waals surface area contributed by atoms with Gasteiger partial charge in [-0.1, -0.05) is 30.4 Å². The van der Waals surface area contributed by atoms with E-state index in [2.05, 4.69) is 11.9 Å². The zero-order valence-electron chi connectivity index (χ0n) is 9.94. The lowest BCUT2D eigenvalue weighted by Gasteiger charge is -2.26. The summed E-state index contributed by atoms with van der Waals surface area (Å²) in [5.74, 6) is 0.220. The molecule has 0 fully saturated rings. The highest BCUT2D eigenvalue weighted by Gasteiger charge is 2.29. The van der Waals surface area contributed by atoms with Gasteiger partial charge in [0.05, 0.1) is 10.6 Å². The second kappa shape index (κ2) is 4.63. The fourth-order valence-electron chi connectivity index (χ4n) is 2.10. The molecule has 0 amide bonds. The third-order valence-corrected chi connectivity index (χ3v) is 4.77. The number of sulfone groups is 1. The summed E-state index contributed by atoms with van der Waals surface area (Å²) in [6.45, 7) is 6.52. The quantitative estimate of drug-likeness (QED) is 0.837. The standard InChI is InChI=1S/C13H17NO2S/c1-10(2)9-14-12-7-8-17(15,16)13-6-4-3-5-11(12)13/h3-6,12,14H,1,7-9H2,2H3. The van der Waals surface area contributed by atoms with E-state index in [0.29, 0.717) is 11.3 Å². The molecule has 1 aliphatic rings. The number of rotatable bonds is 3. The molecule has 17 heavy (non-hydrogen) atoms. The number of benzene rings is 1. The topological polar surface area (TPSA) is 46.2 Å². The van der Waals surface area contributed by atoms with Gasteiger partial charge in [0, 0.05) is 12.6 Å². The van der Waals surface area contributed by atoms with E-state index in [1.54, 1.807) is 12.1 Å². The highest BCUT2D eigenvalue weighted by molar-refractivity contribution is 7.91. The van der Waals surface area contributed by atoms with Crippen molar-refractivity contribution in [2.45, 2.75) is 24.3 Å². The van der Waals surface area contributed by atoms with Crippen molar-refractivity contribution in [2.24, 2.45) is 0 Å². The number of hydrogen-bond donors (Lipinski definition) is 1. The first-order valence-corrected chi connectivity index (χ1v) is 7.35. The molecule has 1 aliphatic heterocycles. The summed E-state index contributed by atoms with van der Waals surface area (Å²) in [5.41, 5.74) is 1.94. The van der Waals surface area contributed by atoms with Crippen molar-refractivity contribution in [3.05, 3.63) is 42.0 Å². The molecule has 3 nitrogen and oxygen atoms in total. The van der Waals surface area contributed by atoms with E-state index >= 15 is 0 Å². The minimum atomic E-state index is -3.08. The van der Waals surface area contributed by atoms with Gasteiger partial charge in [-0.25, -0.2) is 8.42 Å². The van der Waals surface area contributed by atoms with E-state index < -0.39 is 9.84 Å². The molecule has 4 heteroatoms. The van der Waals surface area contributed by atoms with Gasteiger partial charge in [-0.3, -0.25) is 0 Å². The van der Waals surface area contributed by atoms with Crippen LogP contribution in [0.4, 0.5) is 0 Å². The van der Waals surface area contributed by atoms with E-state index in [0.717, 1.165) is 17.7 Å². The van der Waals surface area contributed by atoms with Crippen LogP contribution in [0.2, 0.25) is 0 Å². The van der Waals surface area contributed by atoms with Gasteiger partial charge in [0.1, 0.15) is 0 Å². The van der Waals surface area contributed by atoms with E-state index in [4.69, 9.17) is 0 Å². The minimum absolute atomic E-state index is 0.117. The van der Waals surface area contributed by atoms with Crippen molar-refractivity contribution in [1.82, 2.24) is 5.32 Å². The summed E-state index contributed by atoms with van der Waals surface area (Å²) in [4.78, 5) is 0.477. The van der Waals surface area contributed by atoms with E-state index in [1.807, 2.05) is 19.1 Å². The lowest BCUT2D eigenvalue weighted by Crippen LogP contribution is -2.30. The molecule has 0 aliphatic carbocycles. The maximum atomic E-state index is 11.9. The Morgan fingerprint density at radius 2 is 2.18 bits per heavy atom. The molecule has 92 valence electrons. The molecule has 1 aromatic rings. The van der Waals surface area contributed by atoms with E-state index in [9.17, 15) is 8.42 Å². The van der Waals surface area contributed by atoms with Gasteiger partial charge < -0.3 is 5.32 Å². The molecule has 1 unspecified atom stereocenters. The average molecular weight is 251 g/mol. The first-order valence-electron chi connectivity index (χ1n) is 5.70. The first kappa shape index (κ1) is 12.3. The second-order valence-electron chi connectivity index (χ2n) is 4.54. The monoisotopic (exact) mass is 251 g/mol. The summed E-state index contributed by atoms with van der Waals surface area (Å²) in [5, 5.41) is 3.35. The first-order chi connectivity index (χ1) is 8.00. The second-order valence-corrected chi connectivity index (χ2v) is 6.61. The normalized spacial score (nSPS) is 21.8. The van der Waals surface area contributed by atoms with Crippen molar-refractivity contribution in [2.75, 3.05) is 12.3 Å². The van der Waals surface area contributed by atoms with Crippen molar-refractivity contribution >= 4 is 9.84 Å². The van der Waals surface area contributed by atoms with Crippen LogP contribution >= 0.6 is 0 Å². The summed E-state index contributed by atoms with van der Waals surface area (Å²) in [6.07, 6.45) is 0.632. The van der Waals surface area contributed by atoms with Crippen LogP contribution in [-0.2, 0) is 9.84 Å². The predicted octanol–water partition coefficient (Wildman–Crippen LogP) is 2.07. The van der Waals surface area contributed by atoms with Crippen molar-refractivity contribution < 1.29 is 8.42 Å². The van der Waals surface area contributed by atoms with Crippen LogP contribution in [0, 0.1) is 0 Å². The van der Waals surface area contributed by atoms with Crippen LogP contribution < -0.4 is 5.32 Å². The highest BCUT2D eigenvalue weighted by Crippen LogP contribution is 2.31. The van der Waals surface area contributed by atoms with Gasteiger partial charge >= 0.3 is 0 Å². The zero-order chi connectivity index (χ0) is 12.5. The molecule has 1 atom stereocenters. The summed E-state index contributed by atoms with van der Waals surface area (Å²) in [6, 6.07) is 7.36. The minimum Gasteiger partial charge on any atom is -0.306 e. The van der Waals surface area contributed by atoms with Crippen LogP contribution in [0.25, 0.3) is 0 Å². The average Bonchev–Trinajstić information content (AvgIpc) is 2.28. The third kappa shape index (κ3) is 2.58. The Kier molecular flexibility index (Phi) is 3.35. The number of fused-ring (bicyclic) bond motifs is 1. The Morgan fingerprint density at radius 1 is 1.47 bits per heavy atom. The Bertz CT molecular complexity index is 534. The maximum Gasteiger partial charge on any atom is 0.178 e. The van der Waals surface area contributed by atoms with Gasteiger partial charge in [0.2, 0.25) is 0 Å². The lowest BCUT2D eigenvalue weighted by molar-refractivity contribution is 0.509. The molecule has 2 rings (SSSR count). The lowest BCUT2D eigenvalue weighted by atomic mass is 10.0. The summed E-state index contributed by atoms with van der Waals surface area (Å²) < 4.78 is 23.8. The third-order valence-electron chi connectivity index (χ3n) is 2.95. The fraction of sp³-hybridized carbons (Fsp3) is 0.385. The maximum absolute atomic E-state index is 11.9. The van der Waals surface area contributed by atoms with Crippen molar-refractivity contribution in [1.29, 1.82) is 0 Å². The van der Waals surface area contributed by atoms with Crippen LogP contribution in [0.5, 0.6) is 0 Å². The van der Waals surface area contributed by atoms with Gasteiger partial charge in [0.25, 0.3) is 0 Å². The van der Waals surface area contributed by atoms with Crippen molar-refractivity contribution in [3.8, 4) is 0 Å². The molecule has 0 saturated heterocycles. The van der Waals surface area contributed by atoms with E-state index in [1.165, 1.54) is 0 Å². The summed E-state index contributed by atoms with van der Waals surface area (Å²) >= 11 is 0. The zero-order valence-corrected chi connectivity index (χ0v) is 10.8. The molecule has 1 aromatic carbocycles. The molecule has 0 radical (unpaired) electrons. The molecule has 0 aromatic heterocycles. The van der Waals surface area contributed by atoms with Gasteiger partial charge in [0.15, 0.2) is 9.84 Å². The van der Waals surface area contributed by atoms with Crippen LogP contribution in [0.3, 0.4) is 0 Å². The molecule has 1 heterocycles. The molecular formula is C13H17NO2S. The molecular weight excluding hydrogens is 234 g/mol. The largest absolute Gasteiger partial charge is 0.306 e. The molecule has 0 saturated carbocycles. The fourth-order valence-corrected chi connectivity index (χ4v) is 3.72. The number of hydrogen-bond acceptors (Lipinski definition) is 3. The van der Waals surface area contributed by atoms with E-state index in [-0.39, 0.29) is 11.8 Å². The number of nitrogens with one attached hydrogen (secondary N) is 1.